The van der Waals surface area contributed by atoms with Gasteiger partial charge in [0.1, 0.15) is 5.82 Å². The molecule has 0 radical (unpaired) electrons. The third-order valence-corrected chi connectivity index (χ3v) is 2.73. The van der Waals surface area contributed by atoms with Gasteiger partial charge in [-0.05, 0) is 37.6 Å². The quantitative estimate of drug-likeness (QED) is 0.762. The van der Waals surface area contributed by atoms with E-state index in [1.54, 1.807) is 22.8 Å². The van der Waals surface area contributed by atoms with Crippen LogP contribution in [0.1, 0.15) is 21.9 Å². The van der Waals surface area contributed by atoms with Crippen molar-refractivity contribution in [1.82, 2.24) is 14.6 Å². The molecular formula is C13H12N4O2. The number of pyridine rings is 1. The molecule has 0 aromatic carbocycles. The van der Waals surface area contributed by atoms with Gasteiger partial charge in [-0.3, -0.25) is 4.79 Å². The first-order chi connectivity index (χ1) is 9.13. The fraction of sp³-hybridized carbons (Fsp3) is 0.154. The normalized spacial score (nSPS) is 10.8. The van der Waals surface area contributed by atoms with E-state index in [0.717, 1.165) is 11.2 Å². The summed E-state index contributed by atoms with van der Waals surface area (Å²) in [6.45, 7) is 3.75. The van der Waals surface area contributed by atoms with Gasteiger partial charge in [0.15, 0.2) is 11.4 Å². The first-order valence-electron chi connectivity index (χ1n) is 5.82. The maximum absolute atomic E-state index is 11.9. The number of nitrogens with zero attached hydrogens (tertiary/aromatic N) is 3. The topological polar surface area (TPSA) is 72.4 Å². The minimum Gasteiger partial charge on any atom is -0.459 e. The standard InChI is InChI=1S/C13H12N4O2/c1-8-6-10(7-17-12(8)14-9(2)16-17)15-13(18)11-4-3-5-19-11/h3-7H,1-2H3,(H,15,18). The Kier molecular flexibility index (Phi) is 2.56. The predicted octanol–water partition coefficient (Wildman–Crippen LogP) is 2.19. The molecule has 0 unspecified atom stereocenters. The molecule has 0 aliphatic rings. The SMILES string of the molecule is Cc1nc2c(C)cc(NC(=O)c3ccco3)cn2n1. The lowest BCUT2D eigenvalue weighted by Crippen LogP contribution is -2.11. The molecule has 0 saturated heterocycles. The second-order valence-electron chi connectivity index (χ2n) is 4.27. The van der Waals surface area contributed by atoms with Gasteiger partial charge in [-0.1, -0.05) is 0 Å². The highest BCUT2D eigenvalue weighted by atomic mass is 16.3. The van der Waals surface area contributed by atoms with Gasteiger partial charge < -0.3 is 9.73 Å². The summed E-state index contributed by atoms with van der Waals surface area (Å²) in [5.41, 5.74) is 2.38. The number of amides is 1. The number of carbonyl (C=O) groups is 1. The monoisotopic (exact) mass is 256 g/mol. The Labute approximate surface area is 109 Å². The van der Waals surface area contributed by atoms with E-state index in [1.807, 2.05) is 19.9 Å². The number of aryl methyl sites for hydroxylation is 2. The average molecular weight is 256 g/mol. The van der Waals surface area contributed by atoms with Gasteiger partial charge in [0.2, 0.25) is 0 Å². The van der Waals surface area contributed by atoms with Crippen molar-refractivity contribution in [2.75, 3.05) is 5.32 Å². The molecule has 1 N–H and O–H groups in total. The van der Waals surface area contributed by atoms with Crippen molar-refractivity contribution in [2.24, 2.45) is 0 Å². The van der Waals surface area contributed by atoms with Crippen LogP contribution in [0.4, 0.5) is 5.69 Å². The van der Waals surface area contributed by atoms with Crippen LogP contribution >= 0.6 is 0 Å². The van der Waals surface area contributed by atoms with Crippen molar-refractivity contribution >= 4 is 17.2 Å². The van der Waals surface area contributed by atoms with Crippen LogP contribution in [0.15, 0.2) is 35.1 Å². The van der Waals surface area contributed by atoms with Gasteiger partial charge in [0.05, 0.1) is 18.1 Å². The Balaban J connectivity index is 1.95. The van der Waals surface area contributed by atoms with Crippen LogP contribution in [0.5, 0.6) is 0 Å². The third kappa shape index (κ3) is 2.08. The number of fused-ring (bicyclic) bond motifs is 1. The number of rotatable bonds is 2. The van der Waals surface area contributed by atoms with Gasteiger partial charge >= 0.3 is 0 Å². The molecule has 0 aliphatic heterocycles. The Hall–Kier alpha value is -2.63. The molecule has 6 nitrogen and oxygen atoms in total. The summed E-state index contributed by atoms with van der Waals surface area (Å²) in [6.07, 6.45) is 3.19. The lowest BCUT2D eigenvalue weighted by Gasteiger charge is -2.05. The molecule has 0 spiro atoms. The number of hydrogen-bond acceptors (Lipinski definition) is 4. The molecule has 3 aromatic rings. The Morgan fingerprint density at radius 1 is 1.42 bits per heavy atom. The van der Waals surface area contributed by atoms with E-state index >= 15 is 0 Å². The summed E-state index contributed by atoms with van der Waals surface area (Å²) in [6, 6.07) is 5.13. The minimum atomic E-state index is -0.291. The van der Waals surface area contributed by atoms with Crippen LogP contribution in [0.3, 0.4) is 0 Å². The highest BCUT2D eigenvalue weighted by Crippen LogP contribution is 2.16. The summed E-state index contributed by atoms with van der Waals surface area (Å²) >= 11 is 0. The number of furan rings is 1. The Bertz CT molecular complexity index is 743. The van der Waals surface area contributed by atoms with E-state index in [9.17, 15) is 4.79 Å². The summed E-state index contributed by atoms with van der Waals surface area (Å²) in [4.78, 5) is 16.2. The minimum absolute atomic E-state index is 0.271. The molecule has 1 amide bonds. The lowest BCUT2D eigenvalue weighted by molar-refractivity contribution is 0.0996. The van der Waals surface area contributed by atoms with E-state index in [1.165, 1.54) is 6.26 Å². The number of nitrogens with one attached hydrogen (secondary N) is 1. The Morgan fingerprint density at radius 3 is 3.00 bits per heavy atom. The summed E-state index contributed by atoms with van der Waals surface area (Å²) in [5.74, 6) is 0.672. The van der Waals surface area contributed by atoms with Crippen molar-refractivity contribution in [3.63, 3.8) is 0 Å². The summed E-state index contributed by atoms with van der Waals surface area (Å²) in [7, 11) is 0. The molecule has 0 bridgehead atoms. The van der Waals surface area contributed by atoms with Crippen molar-refractivity contribution in [3.8, 4) is 0 Å². The zero-order valence-electron chi connectivity index (χ0n) is 10.5. The first kappa shape index (κ1) is 11.5. The molecule has 0 saturated carbocycles. The predicted molar refractivity (Wildman–Crippen MR) is 69.1 cm³/mol. The highest BCUT2D eigenvalue weighted by molar-refractivity contribution is 6.02. The molecule has 6 heteroatoms. The maximum Gasteiger partial charge on any atom is 0.291 e. The van der Waals surface area contributed by atoms with Crippen LogP contribution < -0.4 is 5.32 Å². The zero-order valence-corrected chi connectivity index (χ0v) is 10.5. The number of carbonyl (C=O) groups excluding carboxylic acids is 1. The molecule has 3 rings (SSSR count). The number of aromatic nitrogens is 3. The van der Waals surface area contributed by atoms with Crippen molar-refractivity contribution in [2.45, 2.75) is 13.8 Å². The van der Waals surface area contributed by atoms with E-state index in [-0.39, 0.29) is 11.7 Å². The molecule has 3 heterocycles. The number of anilines is 1. The maximum atomic E-state index is 11.9. The van der Waals surface area contributed by atoms with E-state index in [0.29, 0.717) is 11.5 Å². The molecule has 0 aliphatic carbocycles. The van der Waals surface area contributed by atoms with E-state index < -0.39 is 0 Å². The summed E-state index contributed by atoms with van der Waals surface area (Å²) in [5, 5.41) is 7.00. The fourth-order valence-electron chi connectivity index (χ4n) is 1.92. The number of hydrogen-bond donors (Lipinski definition) is 1. The van der Waals surface area contributed by atoms with Gasteiger partial charge in [0.25, 0.3) is 5.91 Å². The zero-order chi connectivity index (χ0) is 13.4. The molecular weight excluding hydrogens is 244 g/mol. The van der Waals surface area contributed by atoms with Crippen LogP contribution in [-0.2, 0) is 0 Å². The smallest absolute Gasteiger partial charge is 0.291 e. The average Bonchev–Trinajstić information content (AvgIpc) is 2.97. The van der Waals surface area contributed by atoms with Crippen molar-refractivity contribution < 1.29 is 9.21 Å². The Morgan fingerprint density at radius 2 is 2.26 bits per heavy atom. The lowest BCUT2D eigenvalue weighted by atomic mass is 10.2. The van der Waals surface area contributed by atoms with Gasteiger partial charge in [-0.2, -0.15) is 5.10 Å². The van der Waals surface area contributed by atoms with Crippen LogP contribution in [0.2, 0.25) is 0 Å². The third-order valence-electron chi connectivity index (χ3n) is 2.73. The molecule has 0 fully saturated rings. The summed E-state index contributed by atoms with van der Waals surface area (Å²) < 4.78 is 6.70. The molecule has 3 aromatic heterocycles. The largest absolute Gasteiger partial charge is 0.459 e. The van der Waals surface area contributed by atoms with Gasteiger partial charge in [0, 0.05) is 0 Å². The van der Waals surface area contributed by atoms with E-state index in [4.69, 9.17) is 4.42 Å². The van der Waals surface area contributed by atoms with Crippen LogP contribution in [0.25, 0.3) is 5.65 Å². The first-order valence-corrected chi connectivity index (χ1v) is 5.82. The highest BCUT2D eigenvalue weighted by Gasteiger charge is 2.11. The van der Waals surface area contributed by atoms with Gasteiger partial charge in [-0.15, -0.1) is 0 Å². The van der Waals surface area contributed by atoms with Gasteiger partial charge in [-0.25, -0.2) is 9.50 Å². The molecule has 19 heavy (non-hydrogen) atoms. The van der Waals surface area contributed by atoms with Crippen LogP contribution in [0, 0.1) is 13.8 Å². The second-order valence-corrected chi connectivity index (χ2v) is 4.27. The fourth-order valence-corrected chi connectivity index (χ4v) is 1.92. The van der Waals surface area contributed by atoms with E-state index in [2.05, 4.69) is 15.4 Å². The second kappa shape index (κ2) is 4.24. The van der Waals surface area contributed by atoms with Crippen molar-refractivity contribution in [3.05, 3.63) is 47.8 Å². The molecule has 0 atom stereocenters. The van der Waals surface area contributed by atoms with Crippen molar-refractivity contribution in [1.29, 1.82) is 0 Å². The molecule has 96 valence electrons. The van der Waals surface area contributed by atoms with Crippen LogP contribution in [-0.4, -0.2) is 20.5 Å².